The maximum Gasteiger partial charge on any atom is 0.407 e. The number of aliphatic hydroxyl groups excluding tert-OH is 1. The molecule has 9 heteroatoms. The van der Waals surface area contributed by atoms with Crippen molar-refractivity contribution in [3.8, 4) is 5.75 Å². The Bertz CT molecular complexity index is 1500. The molecule has 0 unspecified atom stereocenters. The van der Waals surface area contributed by atoms with Crippen molar-refractivity contribution in [2.24, 2.45) is 16.6 Å². The maximum absolute atomic E-state index is 13.9. The first kappa shape index (κ1) is 36.4. The maximum atomic E-state index is 13.9. The van der Waals surface area contributed by atoms with Crippen LogP contribution in [0.5, 0.6) is 5.75 Å². The molecule has 5 rings (SSSR count). The lowest BCUT2D eigenvalue weighted by Gasteiger charge is -2.40. The zero-order chi connectivity index (χ0) is 34.9. The summed E-state index contributed by atoms with van der Waals surface area (Å²) in [4.78, 5) is 29.3. The molecule has 3 aromatic carbocycles. The molecule has 0 bridgehead atoms. The summed E-state index contributed by atoms with van der Waals surface area (Å²) >= 11 is 0. The van der Waals surface area contributed by atoms with Crippen LogP contribution < -0.4 is 15.8 Å². The van der Waals surface area contributed by atoms with Gasteiger partial charge >= 0.3 is 6.09 Å². The molecular weight excluding hydrogens is 618 g/mol. The van der Waals surface area contributed by atoms with Crippen molar-refractivity contribution >= 4 is 12.0 Å². The second kappa shape index (κ2) is 16.7. The Labute approximate surface area is 291 Å². The molecule has 4 atom stereocenters. The Hall–Kier alpha value is -3.92. The van der Waals surface area contributed by atoms with Crippen LogP contribution in [0.4, 0.5) is 4.79 Å². The highest BCUT2D eigenvalue weighted by molar-refractivity contribution is 5.83. The molecule has 1 fully saturated rings. The lowest BCUT2D eigenvalue weighted by atomic mass is 9.64. The predicted molar refractivity (Wildman–Crippen MR) is 191 cm³/mol. The van der Waals surface area contributed by atoms with Crippen molar-refractivity contribution in [2.75, 3.05) is 46.1 Å². The van der Waals surface area contributed by atoms with E-state index in [4.69, 9.17) is 19.9 Å². The number of ether oxygens (including phenoxy) is 3. The summed E-state index contributed by atoms with van der Waals surface area (Å²) in [5.41, 5.74) is 9.23. The quantitative estimate of drug-likeness (QED) is 0.201. The van der Waals surface area contributed by atoms with Gasteiger partial charge in [0.15, 0.2) is 0 Å². The van der Waals surface area contributed by atoms with Crippen molar-refractivity contribution in [1.29, 1.82) is 0 Å². The fourth-order valence-electron chi connectivity index (χ4n) is 7.16. The first-order chi connectivity index (χ1) is 23.5. The van der Waals surface area contributed by atoms with Crippen molar-refractivity contribution < 1.29 is 28.9 Å². The van der Waals surface area contributed by atoms with Gasteiger partial charge in [-0.05, 0) is 77.8 Å². The van der Waals surface area contributed by atoms with Gasteiger partial charge in [0.25, 0.3) is 0 Å². The number of alkyl carbamates (subject to hydrolysis) is 1. The first-order valence-corrected chi connectivity index (χ1v) is 17.6. The van der Waals surface area contributed by atoms with Crippen LogP contribution in [0.3, 0.4) is 0 Å². The van der Waals surface area contributed by atoms with Crippen LogP contribution in [0.1, 0.15) is 61.8 Å². The molecule has 1 saturated heterocycles. The van der Waals surface area contributed by atoms with Crippen LogP contribution >= 0.6 is 0 Å². The van der Waals surface area contributed by atoms with Gasteiger partial charge < -0.3 is 30.4 Å². The van der Waals surface area contributed by atoms with Crippen LogP contribution in [0.25, 0.3) is 0 Å². The van der Waals surface area contributed by atoms with E-state index in [0.29, 0.717) is 19.4 Å². The van der Waals surface area contributed by atoms with Crippen LogP contribution in [0, 0.1) is 10.8 Å². The SMILES string of the molecule is CC(C)(C)COC(=O)N[C@@H](Cc1ccccc1)[C@@H](O)C[C@@](Cc1ccc(OCCN2CCOCC2)cc1)(C(N)=O)[C@H]1CCc2ccccc21. The Balaban J connectivity index is 1.39. The van der Waals surface area contributed by atoms with E-state index in [1.54, 1.807) is 0 Å². The second-order valence-corrected chi connectivity index (χ2v) is 14.8. The number of hydrogen-bond donors (Lipinski definition) is 3. The number of fused-ring (bicyclic) bond motifs is 1. The fraction of sp³-hybridized carbons (Fsp3) is 0.500. The lowest BCUT2D eigenvalue weighted by molar-refractivity contribution is -0.131. The van der Waals surface area contributed by atoms with E-state index >= 15 is 0 Å². The molecule has 1 aliphatic heterocycles. The van der Waals surface area contributed by atoms with E-state index in [9.17, 15) is 14.7 Å². The number of hydrogen-bond acceptors (Lipinski definition) is 7. The van der Waals surface area contributed by atoms with Gasteiger partial charge in [0, 0.05) is 19.6 Å². The summed E-state index contributed by atoms with van der Waals surface area (Å²) in [6, 6.07) is 25.0. The van der Waals surface area contributed by atoms with Gasteiger partial charge in [-0.1, -0.05) is 87.5 Å². The van der Waals surface area contributed by atoms with Crippen LogP contribution in [-0.4, -0.2) is 80.2 Å². The predicted octanol–water partition coefficient (Wildman–Crippen LogP) is 5.28. The highest BCUT2D eigenvalue weighted by Crippen LogP contribution is 2.50. The van der Waals surface area contributed by atoms with E-state index in [2.05, 4.69) is 22.3 Å². The van der Waals surface area contributed by atoms with Crippen molar-refractivity contribution in [1.82, 2.24) is 10.2 Å². The van der Waals surface area contributed by atoms with Crippen molar-refractivity contribution in [2.45, 2.75) is 70.9 Å². The average Bonchev–Trinajstić information content (AvgIpc) is 3.53. The molecule has 0 saturated carbocycles. The number of carbonyl (C=O) groups excluding carboxylic acids is 2. The van der Waals surface area contributed by atoms with Crippen LogP contribution in [-0.2, 0) is 33.5 Å². The minimum absolute atomic E-state index is 0.0657. The van der Waals surface area contributed by atoms with Crippen molar-refractivity contribution in [3.05, 3.63) is 101 Å². The van der Waals surface area contributed by atoms with Gasteiger partial charge in [-0.3, -0.25) is 9.69 Å². The zero-order valence-corrected chi connectivity index (χ0v) is 29.2. The highest BCUT2D eigenvalue weighted by atomic mass is 16.5. The molecule has 0 radical (unpaired) electrons. The molecule has 0 spiro atoms. The summed E-state index contributed by atoms with van der Waals surface area (Å²) in [6.45, 7) is 10.9. The number of benzene rings is 3. The highest BCUT2D eigenvalue weighted by Gasteiger charge is 2.49. The minimum Gasteiger partial charge on any atom is -0.492 e. The topological polar surface area (TPSA) is 123 Å². The number of nitrogens with one attached hydrogen (secondary N) is 1. The number of aryl methyl sites for hydroxylation is 1. The number of primary amides is 1. The molecule has 264 valence electrons. The van der Waals surface area contributed by atoms with Gasteiger partial charge in [-0.2, -0.15) is 0 Å². The van der Waals surface area contributed by atoms with Gasteiger partial charge in [-0.15, -0.1) is 0 Å². The minimum atomic E-state index is -1.13. The number of rotatable bonds is 15. The van der Waals surface area contributed by atoms with Crippen LogP contribution in [0.15, 0.2) is 78.9 Å². The summed E-state index contributed by atoms with van der Waals surface area (Å²) in [7, 11) is 0. The molecule has 2 aliphatic rings. The number of nitrogens with zero attached hydrogens (tertiary/aromatic N) is 1. The largest absolute Gasteiger partial charge is 0.492 e. The Morgan fingerprint density at radius 2 is 1.67 bits per heavy atom. The third kappa shape index (κ3) is 10.1. The molecule has 1 aliphatic carbocycles. The smallest absolute Gasteiger partial charge is 0.407 e. The van der Waals surface area contributed by atoms with E-state index < -0.39 is 29.6 Å². The molecule has 1 heterocycles. The molecule has 4 N–H and O–H groups in total. The Morgan fingerprint density at radius 1 is 0.980 bits per heavy atom. The number of aliphatic hydroxyl groups is 1. The normalized spacial score (nSPS) is 18.9. The Morgan fingerprint density at radius 3 is 2.37 bits per heavy atom. The molecule has 3 aromatic rings. The standard InChI is InChI=1S/C40H53N3O6/c1-39(2,3)28-49-38(46)42-35(25-29-9-5-4-6-10-29)36(44)27-40(37(41)45,34-18-15-31-11-7-8-12-33(31)34)26-30-13-16-32(17-14-30)48-24-21-43-19-22-47-23-20-43/h4-14,16-17,34-36,44H,15,18-28H2,1-3H3,(H2,41,45)(H,42,46)/t34-,35-,36-,40+/m0/s1. The molecule has 2 amide bonds. The number of amides is 2. The van der Waals surface area contributed by atoms with E-state index in [-0.39, 0.29) is 24.4 Å². The average molecular weight is 672 g/mol. The third-order valence-corrected chi connectivity index (χ3v) is 9.79. The fourth-order valence-corrected chi connectivity index (χ4v) is 7.16. The monoisotopic (exact) mass is 671 g/mol. The lowest BCUT2D eigenvalue weighted by Crippen LogP contribution is -2.52. The third-order valence-electron chi connectivity index (χ3n) is 9.79. The summed E-state index contributed by atoms with van der Waals surface area (Å²) in [5.74, 6) is 0.0900. The molecule has 0 aromatic heterocycles. The second-order valence-electron chi connectivity index (χ2n) is 14.8. The molecule has 49 heavy (non-hydrogen) atoms. The molecule has 9 nitrogen and oxygen atoms in total. The van der Waals surface area contributed by atoms with Crippen LogP contribution in [0.2, 0.25) is 0 Å². The first-order valence-electron chi connectivity index (χ1n) is 17.6. The molecular formula is C40H53N3O6. The summed E-state index contributed by atoms with van der Waals surface area (Å²) in [5, 5.41) is 15.0. The van der Waals surface area contributed by atoms with E-state index in [0.717, 1.165) is 68.1 Å². The summed E-state index contributed by atoms with van der Waals surface area (Å²) < 4.78 is 17.0. The Kier molecular flexibility index (Phi) is 12.4. The van der Waals surface area contributed by atoms with Gasteiger partial charge in [-0.25, -0.2) is 4.79 Å². The van der Waals surface area contributed by atoms with Gasteiger partial charge in [0.1, 0.15) is 12.4 Å². The number of morpholine rings is 1. The number of carbonyl (C=O) groups is 2. The number of nitrogens with two attached hydrogens (primary N) is 1. The van der Waals surface area contributed by atoms with E-state index in [1.807, 2.05) is 87.5 Å². The zero-order valence-electron chi connectivity index (χ0n) is 29.2. The van der Waals surface area contributed by atoms with Crippen molar-refractivity contribution in [3.63, 3.8) is 0 Å². The van der Waals surface area contributed by atoms with Gasteiger partial charge in [0.2, 0.25) is 5.91 Å². The summed E-state index contributed by atoms with van der Waals surface area (Å²) in [6.07, 6.45) is 0.629. The van der Waals surface area contributed by atoms with E-state index in [1.165, 1.54) is 5.56 Å². The van der Waals surface area contributed by atoms with Gasteiger partial charge in [0.05, 0.1) is 37.4 Å².